The maximum absolute atomic E-state index is 13.3. The van der Waals surface area contributed by atoms with Crippen LogP contribution < -0.4 is 4.90 Å². The Labute approximate surface area is 159 Å². The van der Waals surface area contributed by atoms with Crippen LogP contribution in [-0.4, -0.2) is 15.8 Å². The van der Waals surface area contributed by atoms with Crippen molar-refractivity contribution in [3.05, 3.63) is 88.1 Å². The molecule has 2 aromatic carbocycles. The molecule has 6 nitrogen and oxygen atoms in total. The first kappa shape index (κ1) is 16.0. The largest absolute Gasteiger partial charge is 0.294 e. The molecule has 2 bridgehead atoms. The fraction of sp³-hybridized carbons (Fsp3) is 0.100. The Morgan fingerprint density at radius 3 is 2.52 bits per heavy atom. The third kappa shape index (κ3) is 2.35. The van der Waals surface area contributed by atoms with Crippen molar-refractivity contribution in [2.45, 2.75) is 10.6 Å². The molecule has 7 heteroatoms. The van der Waals surface area contributed by atoms with E-state index in [0.717, 1.165) is 22.4 Å². The Morgan fingerprint density at radius 1 is 1.00 bits per heavy atom. The Kier molecular flexibility index (Phi) is 3.51. The zero-order valence-corrected chi connectivity index (χ0v) is 14.8. The average molecular weight is 375 g/mol. The van der Waals surface area contributed by atoms with Gasteiger partial charge in [0.2, 0.25) is 5.91 Å². The molecule has 1 fully saturated rings. The van der Waals surface area contributed by atoms with Gasteiger partial charge in [0.15, 0.2) is 0 Å². The van der Waals surface area contributed by atoms with Crippen LogP contribution in [0.3, 0.4) is 0 Å². The van der Waals surface area contributed by atoms with Crippen LogP contribution in [0, 0.1) is 10.1 Å². The van der Waals surface area contributed by atoms with Crippen molar-refractivity contribution in [2.24, 2.45) is 0 Å². The van der Waals surface area contributed by atoms with Gasteiger partial charge >= 0.3 is 0 Å². The van der Waals surface area contributed by atoms with Gasteiger partial charge in [0.05, 0.1) is 10.6 Å². The number of pyridine rings is 1. The van der Waals surface area contributed by atoms with E-state index in [0.29, 0.717) is 5.69 Å². The van der Waals surface area contributed by atoms with Crippen LogP contribution in [0.15, 0.2) is 66.9 Å². The molecule has 3 heterocycles. The lowest BCUT2D eigenvalue weighted by Crippen LogP contribution is -2.30. The van der Waals surface area contributed by atoms with Crippen molar-refractivity contribution >= 4 is 29.0 Å². The van der Waals surface area contributed by atoms with Gasteiger partial charge in [-0.3, -0.25) is 24.8 Å². The van der Waals surface area contributed by atoms with E-state index in [9.17, 15) is 14.9 Å². The van der Waals surface area contributed by atoms with Crippen molar-refractivity contribution in [1.82, 2.24) is 4.98 Å². The zero-order chi connectivity index (χ0) is 18.5. The molecule has 2 aliphatic rings. The van der Waals surface area contributed by atoms with E-state index in [4.69, 9.17) is 0 Å². The fourth-order valence-corrected chi connectivity index (χ4v) is 5.21. The van der Waals surface area contributed by atoms with Gasteiger partial charge in [-0.2, -0.15) is 0 Å². The predicted octanol–water partition coefficient (Wildman–Crippen LogP) is 4.49. The second-order valence-corrected chi connectivity index (χ2v) is 7.57. The Hall–Kier alpha value is -3.19. The molecule has 27 heavy (non-hydrogen) atoms. The summed E-state index contributed by atoms with van der Waals surface area (Å²) in [5.41, 5.74) is 4.46. The number of hydrogen-bond acceptors (Lipinski definition) is 5. The topological polar surface area (TPSA) is 76.3 Å². The highest BCUT2D eigenvalue weighted by molar-refractivity contribution is 8.01. The number of nitro groups is 1. The lowest BCUT2D eigenvalue weighted by molar-refractivity contribution is -0.384. The molecule has 0 spiro atoms. The van der Waals surface area contributed by atoms with Gasteiger partial charge in [-0.05, 0) is 23.8 Å². The number of non-ortho nitro benzene ring substituents is 1. The summed E-state index contributed by atoms with van der Waals surface area (Å²) in [5.74, 6) is -0.0131. The quantitative estimate of drug-likeness (QED) is 0.487. The van der Waals surface area contributed by atoms with Crippen LogP contribution in [-0.2, 0) is 4.79 Å². The second-order valence-electron chi connectivity index (χ2n) is 6.38. The molecule has 0 radical (unpaired) electrons. The molecule has 5 rings (SSSR count). The van der Waals surface area contributed by atoms with Crippen molar-refractivity contribution in [2.75, 3.05) is 4.90 Å². The van der Waals surface area contributed by atoms with Crippen LogP contribution in [0.1, 0.15) is 21.8 Å². The Morgan fingerprint density at radius 2 is 1.74 bits per heavy atom. The zero-order valence-electron chi connectivity index (χ0n) is 14.0. The SMILES string of the molecule is O=C1C2SC(c3cccnc3-c3ccccc32)N1c1ccc([N+](=O)[O-])cc1. The predicted molar refractivity (Wildman–Crippen MR) is 103 cm³/mol. The van der Waals surface area contributed by atoms with Crippen LogP contribution in [0.4, 0.5) is 11.4 Å². The molecule has 1 amide bonds. The normalized spacial score (nSPS) is 20.0. The van der Waals surface area contributed by atoms with Crippen molar-refractivity contribution in [1.29, 1.82) is 0 Å². The van der Waals surface area contributed by atoms with E-state index in [-0.39, 0.29) is 22.2 Å². The summed E-state index contributed by atoms with van der Waals surface area (Å²) in [6.07, 6.45) is 1.76. The lowest BCUT2D eigenvalue weighted by atomic mass is 9.95. The van der Waals surface area contributed by atoms with Gasteiger partial charge in [0, 0.05) is 35.1 Å². The van der Waals surface area contributed by atoms with Gasteiger partial charge in [0.1, 0.15) is 10.6 Å². The van der Waals surface area contributed by atoms with Gasteiger partial charge in [-0.15, -0.1) is 11.8 Å². The highest BCUT2D eigenvalue weighted by Crippen LogP contribution is 2.57. The number of nitro benzene ring substituents is 1. The molecule has 1 aromatic heterocycles. The molecule has 2 unspecified atom stereocenters. The summed E-state index contributed by atoms with van der Waals surface area (Å²) in [6, 6.07) is 17.9. The van der Waals surface area contributed by atoms with Gasteiger partial charge in [0.25, 0.3) is 5.69 Å². The monoisotopic (exact) mass is 375 g/mol. The van der Waals surface area contributed by atoms with Crippen molar-refractivity contribution < 1.29 is 9.72 Å². The molecule has 0 saturated carbocycles. The molecule has 132 valence electrons. The third-order valence-electron chi connectivity index (χ3n) is 4.90. The van der Waals surface area contributed by atoms with E-state index < -0.39 is 4.92 Å². The van der Waals surface area contributed by atoms with Crippen LogP contribution in [0.5, 0.6) is 0 Å². The summed E-state index contributed by atoms with van der Waals surface area (Å²) < 4.78 is 0. The minimum Gasteiger partial charge on any atom is -0.294 e. The summed E-state index contributed by atoms with van der Waals surface area (Å²) in [5, 5.41) is 10.4. The third-order valence-corrected chi connectivity index (χ3v) is 6.35. The fourth-order valence-electron chi connectivity index (χ4n) is 3.69. The van der Waals surface area contributed by atoms with Crippen molar-refractivity contribution in [3.63, 3.8) is 0 Å². The molecular weight excluding hydrogens is 362 g/mol. The maximum Gasteiger partial charge on any atom is 0.269 e. The molecule has 2 aliphatic heterocycles. The number of fused-ring (bicyclic) bond motifs is 7. The van der Waals surface area contributed by atoms with E-state index in [1.54, 1.807) is 35.0 Å². The highest BCUT2D eigenvalue weighted by atomic mass is 32.2. The standard InChI is InChI=1S/C20H13N3O3S/c24-19-18-15-5-2-1-4-14(15)17-16(6-3-11-21-17)20(27-18)22(19)12-7-9-13(10-8-12)23(25)26/h1-11,18,20H. The molecule has 0 N–H and O–H groups in total. The number of amides is 1. The average Bonchev–Trinajstić information content (AvgIpc) is 2.97. The molecule has 1 saturated heterocycles. The summed E-state index contributed by atoms with van der Waals surface area (Å²) in [6.45, 7) is 0. The summed E-state index contributed by atoms with van der Waals surface area (Å²) in [7, 11) is 0. The first-order valence-corrected chi connectivity index (χ1v) is 9.36. The lowest BCUT2D eigenvalue weighted by Gasteiger charge is -2.26. The first-order chi connectivity index (χ1) is 13.1. The number of hydrogen-bond donors (Lipinski definition) is 0. The Bertz CT molecular complexity index is 1080. The minimum atomic E-state index is -0.441. The number of anilines is 1. The molecule has 3 aromatic rings. The first-order valence-electron chi connectivity index (χ1n) is 8.42. The molecule has 0 aliphatic carbocycles. The number of thioether (sulfide) groups is 1. The number of carbonyl (C=O) groups excluding carboxylic acids is 1. The number of rotatable bonds is 2. The number of nitrogens with zero attached hydrogens (tertiary/aromatic N) is 3. The molecular formula is C20H13N3O3S. The van der Waals surface area contributed by atoms with Gasteiger partial charge in [-0.1, -0.05) is 30.3 Å². The smallest absolute Gasteiger partial charge is 0.269 e. The number of aromatic nitrogens is 1. The van der Waals surface area contributed by atoms with Crippen LogP contribution in [0.2, 0.25) is 0 Å². The van der Waals surface area contributed by atoms with Crippen LogP contribution >= 0.6 is 11.8 Å². The van der Waals surface area contributed by atoms with Gasteiger partial charge in [-0.25, -0.2) is 0 Å². The highest BCUT2D eigenvalue weighted by Gasteiger charge is 2.46. The molecule has 2 atom stereocenters. The van der Waals surface area contributed by atoms with E-state index in [2.05, 4.69) is 4.98 Å². The summed E-state index contributed by atoms with van der Waals surface area (Å²) >= 11 is 1.58. The van der Waals surface area contributed by atoms with E-state index >= 15 is 0 Å². The van der Waals surface area contributed by atoms with E-state index in [1.807, 2.05) is 36.4 Å². The number of benzene rings is 2. The summed E-state index contributed by atoms with van der Waals surface area (Å²) in [4.78, 5) is 30.1. The van der Waals surface area contributed by atoms with Gasteiger partial charge < -0.3 is 0 Å². The minimum absolute atomic E-state index is 0.00524. The maximum atomic E-state index is 13.3. The van der Waals surface area contributed by atoms with Crippen molar-refractivity contribution in [3.8, 4) is 11.3 Å². The Balaban J connectivity index is 1.68. The number of carbonyl (C=O) groups is 1. The second kappa shape index (κ2) is 5.92. The van der Waals surface area contributed by atoms with E-state index in [1.165, 1.54) is 12.1 Å². The van der Waals surface area contributed by atoms with Crippen LogP contribution in [0.25, 0.3) is 11.3 Å².